The molecule has 6 nitrogen and oxygen atoms in total. The molecule has 2 amide bonds. The molecule has 1 atom stereocenters. The molecular weight excluding hydrogens is 474 g/mol. The van der Waals surface area contributed by atoms with E-state index in [1.54, 1.807) is 36.4 Å². The Bertz CT molecular complexity index is 1270. The maximum Gasteiger partial charge on any atom is 0.329 e. The van der Waals surface area contributed by atoms with E-state index in [0.717, 1.165) is 38.7 Å². The molecular formula is C25H18BrNO5. The highest BCUT2D eigenvalue weighted by Crippen LogP contribution is 2.38. The second-order valence-electron chi connectivity index (χ2n) is 7.99. The van der Waals surface area contributed by atoms with Crippen LogP contribution in [0, 0.1) is 0 Å². The molecule has 0 radical (unpaired) electrons. The van der Waals surface area contributed by atoms with Gasteiger partial charge in [0.2, 0.25) is 0 Å². The Hall–Kier alpha value is -3.32. The van der Waals surface area contributed by atoms with E-state index in [1.807, 2.05) is 12.1 Å². The number of amides is 2. The predicted molar refractivity (Wildman–Crippen MR) is 121 cm³/mol. The molecule has 3 aromatic rings. The van der Waals surface area contributed by atoms with Crippen LogP contribution in [0.5, 0.6) is 0 Å². The van der Waals surface area contributed by atoms with Crippen molar-refractivity contribution in [3.8, 4) is 0 Å². The number of carbonyl (C=O) groups is 4. The molecule has 1 heterocycles. The summed E-state index contributed by atoms with van der Waals surface area (Å²) < 4.78 is 5.99. The van der Waals surface area contributed by atoms with Crippen LogP contribution >= 0.6 is 15.9 Å². The average molecular weight is 492 g/mol. The maximum atomic E-state index is 13.2. The first-order valence-corrected chi connectivity index (χ1v) is 11.1. The summed E-state index contributed by atoms with van der Waals surface area (Å²) in [4.78, 5) is 52.3. The summed E-state index contributed by atoms with van der Waals surface area (Å²) in [7, 11) is 0. The minimum atomic E-state index is -1.17. The third-order valence-electron chi connectivity index (χ3n) is 6.14. The Morgan fingerprint density at radius 3 is 2.03 bits per heavy atom. The molecule has 0 fully saturated rings. The lowest BCUT2D eigenvalue weighted by Crippen LogP contribution is -2.49. The smallest absolute Gasteiger partial charge is 0.329 e. The molecule has 1 aliphatic heterocycles. The van der Waals surface area contributed by atoms with Gasteiger partial charge >= 0.3 is 5.97 Å². The van der Waals surface area contributed by atoms with Crippen LogP contribution < -0.4 is 0 Å². The predicted octanol–water partition coefficient (Wildman–Crippen LogP) is 4.11. The average Bonchev–Trinajstić information content (AvgIpc) is 3.22. The number of halogens is 1. The standard InChI is InChI=1S/C25H18BrNO5/c1-13(25(31)32-12-20(28)14-4-8-17(26)9-5-14)27-23(29)18-10-6-15-2-3-16-7-11-19(24(27)30)22(18)21(15)16/h4-11,13H,2-3,12H2,1H3/t13-/m0/s1. The van der Waals surface area contributed by atoms with Crippen molar-refractivity contribution >= 4 is 50.3 Å². The Kier molecular flexibility index (Phi) is 4.93. The van der Waals surface area contributed by atoms with Crippen LogP contribution in [0.4, 0.5) is 0 Å². The molecule has 32 heavy (non-hydrogen) atoms. The zero-order valence-corrected chi connectivity index (χ0v) is 18.8. The molecule has 160 valence electrons. The Labute approximate surface area is 192 Å². The van der Waals surface area contributed by atoms with Gasteiger partial charge in [-0.05, 0) is 60.5 Å². The van der Waals surface area contributed by atoms with Gasteiger partial charge in [-0.2, -0.15) is 0 Å². The first-order valence-electron chi connectivity index (χ1n) is 10.3. The molecule has 1 aliphatic carbocycles. The highest BCUT2D eigenvalue weighted by Gasteiger charge is 2.40. The molecule has 0 unspecified atom stereocenters. The highest BCUT2D eigenvalue weighted by atomic mass is 79.9. The van der Waals surface area contributed by atoms with Crippen LogP contribution in [0.15, 0.2) is 53.0 Å². The van der Waals surface area contributed by atoms with Crippen LogP contribution in [0.2, 0.25) is 0 Å². The van der Waals surface area contributed by atoms with E-state index < -0.39 is 30.4 Å². The number of benzene rings is 3. The van der Waals surface area contributed by atoms with Gasteiger partial charge in [-0.25, -0.2) is 4.79 Å². The summed E-state index contributed by atoms with van der Waals surface area (Å²) >= 11 is 3.30. The van der Waals surface area contributed by atoms with E-state index in [9.17, 15) is 19.2 Å². The van der Waals surface area contributed by atoms with Gasteiger partial charge in [0.15, 0.2) is 12.4 Å². The summed E-state index contributed by atoms with van der Waals surface area (Å²) in [6, 6.07) is 12.8. The van der Waals surface area contributed by atoms with Crippen LogP contribution in [0.1, 0.15) is 49.1 Å². The number of rotatable bonds is 5. The van der Waals surface area contributed by atoms with Crippen LogP contribution in [0.25, 0.3) is 10.8 Å². The largest absolute Gasteiger partial charge is 0.456 e. The molecule has 5 rings (SSSR count). The van der Waals surface area contributed by atoms with E-state index in [1.165, 1.54) is 6.92 Å². The van der Waals surface area contributed by atoms with Crippen molar-refractivity contribution in [3.05, 3.63) is 80.8 Å². The minimum absolute atomic E-state index is 0.372. The third-order valence-corrected chi connectivity index (χ3v) is 6.66. The number of ether oxygens (including phenoxy) is 1. The van der Waals surface area contributed by atoms with Crippen molar-refractivity contribution in [3.63, 3.8) is 0 Å². The fraction of sp³-hybridized carbons (Fsp3) is 0.200. The van der Waals surface area contributed by atoms with Crippen molar-refractivity contribution in [1.29, 1.82) is 0 Å². The number of Topliss-reactive ketones (excluding diaryl/α,β-unsaturated/α-hetero) is 1. The van der Waals surface area contributed by atoms with Crippen LogP contribution in [-0.2, 0) is 22.4 Å². The Morgan fingerprint density at radius 1 is 0.906 bits per heavy atom. The molecule has 0 saturated carbocycles. The van der Waals surface area contributed by atoms with E-state index in [2.05, 4.69) is 15.9 Å². The molecule has 0 aromatic heterocycles. The zero-order chi connectivity index (χ0) is 22.6. The third kappa shape index (κ3) is 3.15. The van der Waals surface area contributed by atoms with Gasteiger partial charge in [0.05, 0.1) is 0 Å². The first-order chi connectivity index (χ1) is 15.4. The molecule has 7 heteroatoms. The molecule has 0 saturated heterocycles. The first kappa shape index (κ1) is 20.6. The second kappa shape index (κ2) is 7.67. The normalized spacial score (nSPS) is 15.2. The summed E-state index contributed by atoms with van der Waals surface area (Å²) in [6.45, 7) is 0.963. The lowest BCUT2D eigenvalue weighted by Gasteiger charge is -2.31. The minimum Gasteiger partial charge on any atom is -0.456 e. The molecule has 0 spiro atoms. The van der Waals surface area contributed by atoms with Gasteiger partial charge in [0.1, 0.15) is 6.04 Å². The van der Waals surface area contributed by atoms with Gasteiger partial charge in [0, 0.05) is 26.5 Å². The molecule has 0 N–H and O–H groups in total. The molecule has 0 bridgehead atoms. The second-order valence-corrected chi connectivity index (χ2v) is 8.90. The van der Waals surface area contributed by atoms with E-state index >= 15 is 0 Å². The Balaban J connectivity index is 1.38. The van der Waals surface area contributed by atoms with Gasteiger partial charge in [-0.3, -0.25) is 19.3 Å². The monoisotopic (exact) mass is 491 g/mol. The SMILES string of the molecule is C[C@@H](C(=O)OCC(=O)c1ccc(Br)cc1)N1C(=O)c2ccc3c4c(ccc(c24)C1=O)CC3. The zero-order valence-electron chi connectivity index (χ0n) is 17.2. The van der Waals surface area contributed by atoms with Gasteiger partial charge in [-0.15, -0.1) is 0 Å². The summed E-state index contributed by atoms with van der Waals surface area (Å²) in [5.74, 6) is -2.24. The number of imide groups is 1. The summed E-state index contributed by atoms with van der Waals surface area (Å²) in [5.41, 5.74) is 3.49. The maximum absolute atomic E-state index is 13.2. The fourth-order valence-corrected chi connectivity index (χ4v) is 4.74. The van der Waals surface area contributed by atoms with Crippen molar-refractivity contribution in [2.24, 2.45) is 0 Å². The van der Waals surface area contributed by atoms with Crippen LogP contribution in [0.3, 0.4) is 0 Å². The lowest BCUT2D eigenvalue weighted by molar-refractivity contribution is -0.146. The quantitative estimate of drug-likeness (QED) is 0.304. The number of carbonyl (C=O) groups excluding carboxylic acids is 4. The number of nitrogens with zero attached hydrogens (tertiary/aromatic N) is 1. The molecule has 3 aromatic carbocycles. The highest BCUT2D eigenvalue weighted by molar-refractivity contribution is 9.10. The fourth-order valence-electron chi connectivity index (χ4n) is 4.47. The number of hydrogen-bond donors (Lipinski definition) is 0. The van der Waals surface area contributed by atoms with Crippen molar-refractivity contribution in [1.82, 2.24) is 4.90 Å². The Morgan fingerprint density at radius 2 is 1.47 bits per heavy atom. The van der Waals surface area contributed by atoms with E-state index in [4.69, 9.17) is 4.74 Å². The van der Waals surface area contributed by atoms with Crippen molar-refractivity contribution in [2.45, 2.75) is 25.8 Å². The van der Waals surface area contributed by atoms with Crippen molar-refractivity contribution < 1.29 is 23.9 Å². The topological polar surface area (TPSA) is 80.8 Å². The number of ketones is 1. The lowest BCUT2D eigenvalue weighted by atomic mass is 9.90. The van der Waals surface area contributed by atoms with Gasteiger partial charge in [-0.1, -0.05) is 40.2 Å². The van der Waals surface area contributed by atoms with E-state index in [-0.39, 0.29) is 5.78 Å². The van der Waals surface area contributed by atoms with Crippen molar-refractivity contribution in [2.75, 3.05) is 6.61 Å². The number of aryl methyl sites for hydroxylation is 2. The summed E-state index contributed by atoms with van der Waals surface area (Å²) in [6.07, 6.45) is 1.77. The molecule has 2 aliphatic rings. The van der Waals surface area contributed by atoms with Crippen LogP contribution in [-0.4, -0.2) is 41.1 Å². The number of hydrogen-bond acceptors (Lipinski definition) is 5. The van der Waals surface area contributed by atoms with Gasteiger partial charge in [0.25, 0.3) is 11.8 Å². The van der Waals surface area contributed by atoms with Gasteiger partial charge < -0.3 is 4.74 Å². The van der Waals surface area contributed by atoms with E-state index in [0.29, 0.717) is 22.1 Å². The number of esters is 1. The summed E-state index contributed by atoms with van der Waals surface area (Å²) in [5, 5.41) is 1.66.